The Balaban J connectivity index is 1.77. The van der Waals surface area contributed by atoms with Gasteiger partial charge in [0.15, 0.2) is 11.5 Å². The second kappa shape index (κ2) is 12.3. The summed E-state index contributed by atoms with van der Waals surface area (Å²) in [5.74, 6) is -1.23. The van der Waals surface area contributed by atoms with Crippen molar-refractivity contribution in [2.45, 2.75) is 18.2 Å². The zero-order chi connectivity index (χ0) is 29.7. The van der Waals surface area contributed by atoms with E-state index in [1.54, 1.807) is 25.1 Å². The first-order valence-electron chi connectivity index (χ1n) is 12.2. The van der Waals surface area contributed by atoms with Gasteiger partial charge in [0.1, 0.15) is 16.2 Å². The van der Waals surface area contributed by atoms with E-state index in [0.717, 1.165) is 4.90 Å². The van der Waals surface area contributed by atoms with Gasteiger partial charge >= 0.3 is 16.1 Å². The minimum absolute atomic E-state index is 0.0583. The van der Waals surface area contributed by atoms with Crippen LogP contribution in [0.15, 0.2) is 83.8 Å². The molecule has 12 heteroatoms. The Bertz CT molecular complexity index is 1650. The Hall–Kier alpha value is -4.61. The van der Waals surface area contributed by atoms with Crippen LogP contribution < -0.4 is 23.9 Å². The summed E-state index contributed by atoms with van der Waals surface area (Å²) in [6.07, 6.45) is 2.98. The van der Waals surface area contributed by atoms with Crippen LogP contribution in [0.4, 0.5) is 10.5 Å². The van der Waals surface area contributed by atoms with E-state index in [9.17, 15) is 22.8 Å². The molecule has 1 N–H and O–H groups in total. The zero-order valence-electron chi connectivity index (χ0n) is 22.0. The fraction of sp³-hybridized carbons (Fsp3) is 0.138. The van der Waals surface area contributed by atoms with Crippen LogP contribution in [0.5, 0.6) is 17.2 Å². The summed E-state index contributed by atoms with van der Waals surface area (Å²) >= 11 is 5.89. The first kappa shape index (κ1) is 29.4. The number of hydrogen-bond acceptors (Lipinski definition) is 8. The number of carbonyl (C=O) groups excluding carboxylic acids is 3. The molecule has 41 heavy (non-hydrogen) atoms. The smallest absolute Gasteiger partial charge is 0.339 e. The topological polar surface area (TPSA) is 128 Å². The van der Waals surface area contributed by atoms with Gasteiger partial charge in [-0.3, -0.25) is 14.9 Å². The van der Waals surface area contributed by atoms with E-state index in [0.29, 0.717) is 21.9 Å². The molecule has 4 rings (SSSR count). The predicted molar refractivity (Wildman–Crippen MR) is 153 cm³/mol. The number of anilines is 1. The summed E-state index contributed by atoms with van der Waals surface area (Å²) in [6.45, 7) is 5.58. The Morgan fingerprint density at radius 3 is 2.32 bits per heavy atom. The molecule has 1 aliphatic heterocycles. The van der Waals surface area contributed by atoms with Gasteiger partial charge in [-0.2, -0.15) is 8.42 Å². The third kappa shape index (κ3) is 6.42. The lowest BCUT2D eigenvalue weighted by Crippen LogP contribution is -2.54. The molecule has 3 aromatic rings. The van der Waals surface area contributed by atoms with Crippen molar-refractivity contribution in [1.29, 1.82) is 0 Å². The minimum Gasteiger partial charge on any atom is -0.497 e. The monoisotopic (exact) mass is 596 g/mol. The summed E-state index contributed by atoms with van der Waals surface area (Å²) in [5.41, 5.74) is 0.589. The maximum atomic E-state index is 13.3. The average Bonchev–Trinajstić information content (AvgIpc) is 2.93. The van der Waals surface area contributed by atoms with E-state index < -0.39 is 28.0 Å². The lowest BCUT2D eigenvalue weighted by Gasteiger charge is -2.26. The molecule has 1 fully saturated rings. The van der Waals surface area contributed by atoms with Crippen molar-refractivity contribution in [1.82, 2.24) is 5.32 Å². The molecule has 0 spiro atoms. The van der Waals surface area contributed by atoms with Gasteiger partial charge in [-0.25, -0.2) is 9.69 Å². The Kier molecular flexibility index (Phi) is 8.80. The first-order chi connectivity index (χ1) is 19.6. The number of carbonyl (C=O) groups is 3. The molecular weight excluding hydrogens is 572 g/mol. The van der Waals surface area contributed by atoms with E-state index >= 15 is 0 Å². The van der Waals surface area contributed by atoms with Crippen LogP contribution in [0.3, 0.4) is 0 Å². The molecule has 0 atom stereocenters. The highest BCUT2D eigenvalue weighted by Gasteiger charge is 2.37. The molecule has 0 radical (unpaired) electrons. The summed E-state index contributed by atoms with van der Waals surface area (Å²) in [6, 6.07) is 13.7. The van der Waals surface area contributed by atoms with E-state index in [1.807, 2.05) is 0 Å². The van der Waals surface area contributed by atoms with Crippen LogP contribution in [0, 0.1) is 0 Å². The molecule has 0 aromatic heterocycles. The maximum Gasteiger partial charge on any atom is 0.339 e. The number of benzene rings is 3. The highest BCUT2D eigenvalue weighted by Crippen LogP contribution is 2.37. The number of rotatable bonds is 10. The second-order valence-electron chi connectivity index (χ2n) is 8.58. The summed E-state index contributed by atoms with van der Waals surface area (Å²) in [7, 11) is -2.80. The molecule has 0 saturated carbocycles. The molecule has 10 nitrogen and oxygen atoms in total. The van der Waals surface area contributed by atoms with Gasteiger partial charge in [-0.15, -0.1) is 6.58 Å². The van der Waals surface area contributed by atoms with E-state index in [-0.39, 0.29) is 40.7 Å². The number of barbiturate groups is 1. The second-order valence-corrected chi connectivity index (χ2v) is 10.6. The lowest BCUT2D eigenvalue weighted by molar-refractivity contribution is -0.122. The fourth-order valence-corrected chi connectivity index (χ4v) is 5.08. The average molecular weight is 597 g/mol. The van der Waals surface area contributed by atoms with Gasteiger partial charge in [0, 0.05) is 10.6 Å². The summed E-state index contributed by atoms with van der Waals surface area (Å²) in [4.78, 5) is 39.3. The first-order valence-corrected chi connectivity index (χ1v) is 14.0. The van der Waals surface area contributed by atoms with Crippen LogP contribution >= 0.6 is 11.6 Å². The number of nitrogens with one attached hydrogen (secondary N) is 1. The zero-order valence-corrected chi connectivity index (χ0v) is 23.6. The van der Waals surface area contributed by atoms with Crippen LogP contribution in [-0.4, -0.2) is 40.0 Å². The van der Waals surface area contributed by atoms with Gasteiger partial charge in [0.25, 0.3) is 11.8 Å². The molecule has 1 heterocycles. The number of methoxy groups -OCH3 is 1. The number of allylic oxidation sites excluding steroid dienone is 1. The number of imide groups is 2. The molecule has 3 aromatic carbocycles. The van der Waals surface area contributed by atoms with Crippen molar-refractivity contribution in [3.8, 4) is 17.2 Å². The minimum atomic E-state index is -4.28. The maximum absolute atomic E-state index is 13.3. The highest BCUT2D eigenvalue weighted by atomic mass is 35.5. The van der Waals surface area contributed by atoms with Crippen molar-refractivity contribution in [3.63, 3.8) is 0 Å². The van der Waals surface area contributed by atoms with Gasteiger partial charge in [0.05, 0.1) is 19.4 Å². The van der Waals surface area contributed by atoms with Crippen LogP contribution in [-0.2, 0) is 26.1 Å². The molecule has 212 valence electrons. The highest BCUT2D eigenvalue weighted by molar-refractivity contribution is 7.87. The predicted octanol–water partition coefficient (Wildman–Crippen LogP) is 4.91. The van der Waals surface area contributed by atoms with Gasteiger partial charge in [0.2, 0.25) is 0 Å². The normalized spacial score (nSPS) is 14.6. The van der Waals surface area contributed by atoms with E-state index in [4.69, 9.17) is 25.3 Å². The van der Waals surface area contributed by atoms with Gasteiger partial charge in [-0.05, 0) is 85.6 Å². The third-order valence-corrected chi connectivity index (χ3v) is 7.34. The molecule has 0 bridgehead atoms. The van der Waals surface area contributed by atoms with Crippen molar-refractivity contribution >= 4 is 51.3 Å². The van der Waals surface area contributed by atoms with Crippen molar-refractivity contribution in [2.75, 3.05) is 18.6 Å². The van der Waals surface area contributed by atoms with Gasteiger partial charge < -0.3 is 13.7 Å². The third-order valence-electron chi connectivity index (χ3n) is 5.86. The molecular formula is C29H25ClN2O8S. The van der Waals surface area contributed by atoms with Crippen LogP contribution in [0.2, 0.25) is 5.02 Å². The number of hydrogen-bond donors (Lipinski definition) is 1. The van der Waals surface area contributed by atoms with Crippen LogP contribution in [0.25, 0.3) is 6.08 Å². The quantitative estimate of drug-likeness (QED) is 0.151. The Morgan fingerprint density at radius 1 is 1.02 bits per heavy atom. The van der Waals surface area contributed by atoms with E-state index in [2.05, 4.69) is 11.9 Å². The Morgan fingerprint density at radius 2 is 1.71 bits per heavy atom. The van der Waals surface area contributed by atoms with Crippen molar-refractivity contribution in [2.24, 2.45) is 0 Å². The SMILES string of the molecule is C=CCc1cc(/C=C2\C(=O)NC(=O)N(c3ccc(OC)cc3)C2=O)cc(OCC)c1OS(=O)(=O)c1ccc(Cl)cc1. The number of urea groups is 1. The van der Waals surface area contributed by atoms with Gasteiger partial charge in [-0.1, -0.05) is 17.7 Å². The van der Waals surface area contributed by atoms with Crippen molar-refractivity contribution in [3.05, 3.63) is 95.0 Å². The summed E-state index contributed by atoms with van der Waals surface area (Å²) < 4.78 is 42.4. The van der Waals surface area contributed by atoms with Crippen LogP contribution in [0.1, 0.15) is 18.1 Å². The van der Waals surface area contributed by atoms with Crippen molar-refractivity contribution < 1.29 is 36.5 Å². The number of amides is 4. The van der Waals surface area contributed by atoms with E-state index in [1.165, 1.54) is 61.7 Å². The Labute approximate surface area is 241 Å². The molecule has 0 unspecified atom stereocenters. The number of halogens is 1. The molecule has 1 aliphatic rings. The standard InChI is InChI=1S/C29H25ClN2O8S/c1-4-6-19-15-18(17-25(39-5-2)26(19)40-41(36,37)23-13-7-20(30)8-14-23)16-24-27(33)31-29(35)32(28(24)34)21-9-11-22(38-3)12-10-21/h4,7-17H,1,5-6H2,2-3H3,(H,31,33,35)/b24-16+. The fourth-order valence-electron chi connectivity index (χ4n) is 3.98. The molecule has 4 amide bonds. The number of ether oxygens (including phenoxy) is 2. The largest absolute Gasteiger partial charge is 0.497 e. The lowest BCUT2D eigenvalue weighted by atomic mass is 10.0. The number of nitrogens with zero attached hydrogens (tertiary/aromatic N) is 1. The summed E-state index contributed by atoms with van der Waals surface area (Å²) in [5, 5.41) is 2.53. The molecule has 1 saturated heterocycles. The molecule has 0 aliphatic carbocycles.